The van der Waals surface area contributed by atoms with Crippen LogP contribution in [-0.4, -0.2) is 59.5 Å². The first-order valence-electron chi connectivity index (χ1n) is 10.8. The number of piperazine rings is 1. The van der Waals surface area contributed by atoms with Gasteiger partial charge in [-0.25, -0.2) is 9.97 Å². The lowest BCUT2D eigenvalue weighted by molar-refractivity contribution is 0.164. The number of fused-ring (bicyclic) bond motifs is 1. The van der Waals surface area contributed by atoms with Gasteiger partial charge in [-0.3, -0.25) is 4.90 Å². The molecule has 1 fully saturated rings. The van der Waals surface area contributed by atoms with Crippen molar-refractivity contribution < 1.29 is 0 Å². The zero-order valence-electron chi connectivity index (χ0n) is 18.0. The van der Waals surface area contributed by atoms with Gasteiger partial charge in [-0.1, -0.05) is 32.1 Å². The Morgan fingerprint density at radius 3 is 2.73 bits per heavy atom. The van der Waals surface area contributed by atoms with Crippen LogP contribution in [0.2, 0.25) is 0 Å². The number of nitrogens with zero attached hydrogens (tertiary/aromatic N) is 4. The molecular weight excluding hydrogens is 390 g/mol. The summed E-state index contributed by atoms with van der Waals surface area (Å²) in [5.41, 5.74) is 2.21. The number of anilines is 1. The summed E-state index contributed by atoms with van der Waals surface area (Å²) >= 11 is 1.80. The van der Waals surface area contributed by atoms with Gasteiger partial charge in [-0.2, -0.15) is 0 Å². The molecule has 3 aromatic rings. The fraction of sp³-hybridized carbons (Fsp3) is 0.417. The van der Waals surface area contributed by atoms with Crippen LogP contribution in [0, 0.1) is 0 Å². The molecule has 1 aliphatic heterocycles. The lowest BCUT2D eigenvalue weighted by atomic mass is 10.1. The first-order chi connectivity index (χ1) is 14.6. The van der Waals surface area contributed by atoms with Gasteiger partial charge in [-0.15, -0.1) is 11.3 Å². The van der Waals surface area contributed by atoms with E-state index < -0.39 is 0 Å². The maximum absolute atomic E-state index is 4.60. The molecule has 158 valence electrons. The van der Waals surface area contributed by atoms with Gasteiger partial charge in [0.1, 0.15) is 5.82 Å². The Labute approximate surface area is 183 Å². The Bertz CT molecular complexity index is 1000. The Kier molecular flexibility index (Phi) is 6.77. The van der Waals surface area contributed by atoms with E-state index >= 15 is 0 Å². The first kappa shape index (κ1) is 21.0. The number of rotatable bonds is 8. The molecule has 6 heteroatoms. The molecule has 0 atom stereocenters. The van der Waals surface area contributed by atoms with Crippen LogP contribution in [0.5, 0.6) is 0 Å². The number of hydrogen-bond acceptors (Lipinski definition) is 6. The average Bonchev–Trinajstić information content (AvgIpc) is 3.22. The zero-order valence-corrected chi connectivity index (χ0v) is 18.8. The molecule has 4 rings (SSSR count). The summed E-state index contributed by atoms with van der Waals surface area (Å²) in [4.78, 5) is 15.2. The van der Waals surface area contributed by atoms with Crippen molar-refractivity contribution in [3.63, 3.8) is 0 Å². The Balaban J connectivity index is 1.45. The molecule has 30 heavy (non-hydrogen) atoms. The Morgan fingerprint density at radius 2 is 1.93 bits per heavy atom. The number of likely N-dealkylation sites (N-methyl/N-ethyl adjacent to an activating group) is 1. The minimum atomic E-state index is 0.853. The molecule has 5 nitrogen and oxygen atoms in total. The van der Waals surface area contributed by atoms with E-state index in [-0.39, 0.29) is 0 Å². The molecule has 0 spiro atoms. The number of aromatic nitrogens is 2. The van der Waals surface area contributed by atoms with Crippen molar-refractivity contribution in [1.29, 1.82) is 0 Å². The molecule has 1 aromatic carbocycles. The van der Waals surface area contributed by atoms with Crippen molar-refractivity contribution in [3.05, 3.63) is 53.9 Å². The number of nitrogens with one attached hydrogen (secondary N) is 1. The number of thiazole rings is 1. The van der Waals surface area contributed by atoms with Crippen LogP contribution in [0.4, 0.5) is 5.82 Å². The highest BCUT2D eigenvalue weighted by Crippen LogP contribution is 2.30. The van der Waals surface area contributed by atoms with E-state index in [0.29, 0.717) is 0 Å². The van der Waals surface area contributed by atoms with Crippen molar-refractivity contribution in [1.82, 2.24) is 19.8 Å². The molecular formula is C24H31N5S. The van der Waals surface area contributed by atoms with E-state index in [1.165, 1.54) is 33.7 Å². The number of unbranched alkanes of at least 4 members (excludes halogenated alkanes) is 1. The summed E-state index contributed by atoms with van der Waals surface area (Å²) in [7, 11) is 2.18. The smallest absolute Gasteiger partial charge is 0.130 e. The predicted molar refractivity (Wildman–Crippen MR) is 128 cm³/mol. The summed E-state index contributed by atoms with van der Waals surface area (Å²) in [6.07, 6.45) is 7.41. The Morgan fingerprint density at radius 1 is 1.10 bits per heavy atom. The molecule has 3 heterocycles. The highest BCUT2D eigenvalue weighted by molar-refractivity contribution is 7.15. The summed E-state index contributed by atoms with van der Waals surface area (Å²) < 4.78 is 0. The van der Waals surface area contributed by atoms with Crippen LogP contribution in [0.15, 0.2) is 48.9 Å². The van der Waals surface area contributed by atoms with Gasteiger partial charge in [0.05, 0.1) is 9.88 Å². The number of aryl methyl sites for hydroxylation is 1. The van der Waals surface area contributed by atoms with Crippen LogP contribution in [0.3, 0.4) is 0 Å². The zero-order chi connectivity index (χ0) is 20.9. The van der Waals surface area contributed by atoms with Crippen molar-refractivity contribution >= 4 is 27.9 Å². The molecule has 0 radical (unpaired) electrons. The van der Waals surface area contributed by atoms with Crippen LogP contribution < -0.4 is 5.32 Å². The first-order valence-corrected chi connectivity index (χ1v) is 11.6. The topological polar surface area (TPSA) is 44.3 Å². The van der Waals surface area contributed by atoms with Gasteiger partial charge in [0.2, 0.25) is 0 Å². The van der Waals surface area contributed by atoms with Gasteiger partial charge in [-0.05, 0) is 43.0 Å². The molecule has 0 aliphatic carbocycles. The van der Waals surface area contributed by atoms with Crippen molar-refractivity contribution in [2.45, 2.75) is 26.2 Å². The summed E-state index contributed by atoms with van der Waals surface area (Å²) in [6, 6.07) is 8.67. The monoisotopic (exact) mass is 421 g/mol. The minimum absolute atomic E-state index is 0.853. The van der Waals surface area contributed by atoms with Gasteiger partial charge in [0.15, 0.2) is 0 Å². The van der Waals surface area contributed by atoms with E-state index in [4.69, 9.17) is 0 Å². The third-order valence-corrected chi connectivity index (χ3v) is 6.73. The van der Waals surface area contributed by atoms with Crippen LogP contribution in [0.1, 0.15) is 24.8 Å². The van der Waals surface area contributed by atoms with Crippen LogP contribution >= 0.6 is 11.3 Å². The number of hydrogen-bond donors (Lipinski definition) is 1. The van der Waals surface area contributed by atoms with Crippen molar-refractivity contribution in [3.8, 4) is 10.4 Å². The maximum Gasteiger partial charge on any atom is 0.130 e. The van der Waals surface area contributed by atoms with E-state index in [1.54, 1.807) is 11.3 Å². The van der Waals surface area contributed by atoms with E-state index in [2.05, 4.69) is 69.9 Å². The summed E-state index contributed by atoms with van der Waals surface area (Å²) in [6.45, 7) is 11.7. The lowest BCUT2D eigenvalue weighted by Gasteiger charge is -2.32. The molecule has 1 saturated heterocycles. The van der Waals surface area contributed by atoms with Crippen LogP contribution in [0.25, 0.3) is 21.2 Å². The second kappa shape index (κ2) is 9.69. The summed E-state index contributed by atoms with van der Waals surface area (Å²) in [5.74, 6) is 0.853. The molecule has 2 aromatic heterocycles. The van der Waals surface area contributed by atoms with E-state index in [0.717, 1.165) is 56.0 Å². The highest BCUT2D eigenvalue weighted by Gasteiger charge is 2.14. The highest BCUT2D eigenvalue weighted by atomic mass is 32.1. The van der Waals surface area contributed by atoms with Crippen molar-refractivity contribution in [2.24, 2.45) is 0 Å². The summed E-state index contributed by atoms with van der Waals surface area (Å²) in [5, 5.41) is 6.96. The van der Waals surface area contributed by atoms with Crippen LogP contribution in [-0.2, 0) is 6.42 Å². The third kappa shape index (κ3) is 5.25. The normalized spacial score (nSPS) is 15.5. The molecule has 0 bridgehead atoms. The molecule has 0 amide bonds. The quantitative estimate of drug-likeness (QED) is 0.562. The molecule has 1 aliphatic rings. The second-order valence-corrected chi connectivity index (χ2v) is 9.28. The van der Waals surface area contributed by atoms with E-state index in [9.17, 15) is 0 Å². The average molecular weight is 422 g/mol. The predicted octanol–water partition coefficient (Wildman–Crippen LogP) is 4.87. The van der Waals surface area contributed by atoms with Gasteiger partial charge >= 0.3 is 0 Å². The fourth-order valence-electron chi connectivity index (χ4n) is 3.75. The Hall–Kier alpha value is -2.28. The minimum Gasteiger partial charge on any atom is -0.343 e. The van der Waals surface area contributed by atoms with Gasteiger partial charge in [0.25, 0.3) is 0 Å². The lowest BCUT2D eigenvalue weighted by Crippen LogP contribution is -2.45. The van der Waals surface area contributed by atoms with Gasteiger partial charge < -0.3 is 10.2 Å². The fourth-order valence-corrected chi connectivity index (χ4v) is 4.70. The SMILES string of the molecule is C=C(CN1CCN(C)CC1)Nc1cc2cc(-c3cnc(CCCC)s3)ccc2cn1. The molecule has 0 saturated carbocycles. The standard InChI is InChI=1S/C24H31N5S/c1-4-5-6-24-26-16-22(30-24)19-7-8-20-15-25-23(14-21(20)13-19)27-18(2)17-29-11-9-28(3)10-12-29/h7-8,13-16H,2,4-6,9-12,17H2,1,3H3,(H,25,27). The second-order valence-electron chi connectivity index (χ2n) is 8.16. The third-order valence-electron chi connectivity index (χ3n) is 5.62. The van der Waals surface area contributed by atoms with Crippen molar-refractivity contribution in [2.75, 3.05) is 45.1 Å². The maximum atomic E-state index is 4.60. The molecule has 0 unspecified atom stereocenters. The van der Waals surface area contributed by atoms with E-state index in [1.807, 2.05) is 12.4 Å². The van der Waals surface area contributed by atoms with Gasteiger partial charge in [0, 0.05) is 56.2 Å². The molecule has 1 N–H and O–H groups in total. The largest absolute Gasteiger partial charge is 0.343 e. The number of pyridine rings is 1. The number of benzene rings is 1.